The number of phenols is 1. The first kappa shape index (κ1) is 18.1. The van der Waals surface area contributed by atoms with Crippen molar-refractivity contribution in [1.29, 1.82) is 0 Å². The first-order chi connectivity index (χ1) is 12.2. The highest BCUT2D eigenvalue weighted by Crippen LogP contribution is 2.46. The third kappa shape index (κ3) is 3.11. The number of nitrogens with one attached hydrogen (secondary N) is 2. The maximum atomic E-state index is 12.8. The predicted octanol–water partition coefficient (Wildman–Crippen LogP) is 5.06. The van der Waals surface area contributed by atoms with Gasteiger partial charge in [0.15, 0.2) is 0 Å². The number of carbonyl (C=O) groups excluding carboxylic acids is 1. The zero-order valence-electron chi connectivity index (χ0n) is 15.1. The van der Waals surface area contributed by atoms with Crippen LogP contribution < -0.4 is 10.6 Å². The highest BCUT2D eigenvalue weighted by molar-refractivity contribution is 14.1. The van der Waals surface area contributed by atoms with Crippen LogP contribution in [0.4, 0.5) is 5.00 Å². The van der Waals surface area contributed by atoms with E-state index in [0.29, 0.717) is 11.3 Å². The molecule has 1 aromatic heterocycles. The maximum absolute atomic E-state index is 12.8. The molecule has 2 atom stereocenters. The Balaban J connectivity index is 1.65. The summed E-state index contributed by atoms with van der Waals surface area (Å²) in [5.41, 5.74) is 3.34. The number of fused-ring (bicyclic) bond motifs is 3. The molecule has 3 N–H and O–H groups in total. The van der Waals surface area contributed by atoms with Gasteiger partial charge in [-0.3, -0.25) is 4.79 Å². The van der Waals surface area contributed by atoms with Crippen molar-refractivity contribution in [3.63, 3.8) is 0 Å². The van der Waals surface area contributed by atoms with Crippen LogP contribution >= 0.6 is 33.9 Å². The first-order valence-corrected chi connectivity index (χ1v) is 10.8. The van der Waals surface area contributed by atoms with Gasteiger partial charge in [-0.05, 0) is 76.4 Å². The topological polar surface area (TPSA) is 61.4 Å². The standard InChI is InChI=1S/C20H23IN2O2S/c1-20(2,3)11-5-6-12-15(9-11)26-19-16(12)18(25)22-17(23-19)10-4-7-14(24)13(21)8-10/h4,7-8,11,17,23-24H,5-6,9H2,1-3H3,(H,22,25). The molecule has 0 radical (unpaired) electrons. The molecule has 4 nitrogen and oxygen atoms in total. The zero-order valence-corrected chi connectivity index (χ0v) is 18.1. The molecule has 26 heavy (non-hydrogen) atoms. The number of amides is 1. The largest absolute Gasteiger partial charge is 0.507 e. The second-order valence-corrected chi connectivity index (χ2v) is 10.5. The molecular formula is C20H23IN2O2S. The normalized spacial score (nSPS) is 22.2. The van der Waals surface area contributed by atoms with Gasteiger partial charge in [0.2, 0.25) is 0 Å². The summed E-state index contributed by atoms with van der Waals surface area (Å²) in [5, 5.41) is 17.3. The van der Waals surface area contributed by atoms with E-state index in [2.05, 4.69) is 54.0 Å². The molecule has 2 aromatic rings. The van der Waals surface area contributed by atoms with Crippen LogP contribution in [-0.4, -0.2) is 11.0 Å². The quantitative estimate of drug-likeness (QED) is 0.498. The number of anilines is 1. The van der Waals surface area contributed by atoms with E-state index in [-0.39, 0.29) is 17.8 Å². The minimum atomic E-state index is -0.261. The van der Waals surface area contributed by atoms with Gasteiger partial charge in [0, 0.05) is 4.88 Å². The smallest absolute Gasteiger partial charge is 0.256 e. The van der Waals surface area contributed by atoms with E-state index >= 15 is 0 Å². The van der Waals surface area contributed by atoms with Crippen molar-refractivity contribution >= 4 is 44.8 Å². The predicted molar refractivity (Wildman–Crippen MR) is 114 cm³/mol. The summed E-state index contributed by atoms with van der Waals surface area (Å²) in [6.07, 6.45) is 2.93. The van der Waals surface area contributed by atoms with Gasteiger partial charge in [-0.1, -0.05) is 26.8 Å². The summed E-state index contributed by atoms with van der Waals surface area (Å²) >= 11 is 3.85. The maximum Gasteiger partial charge on any atom is 0.256 e. The number of benzene rings is 1. The van der Waals surface area contributed by atoms with Crippen molar-refractivity contribution in [2.24, 2.45) is 11.3 Å². The third-order valence-corrected chi connectivity index (χ3v) is 7.62. The fraction of sp³-hybridized carbons (Fsp3) is 0.450. The molecule has 0 fully saturated rings. The summed E-state index contributed by atoms with van der Waals surface area (Å²) in [4.78, 5) is 14.2. The van der Waals surface area contributed by atoms with Gasteiger partial charge in [-0.2, -0.15) is 0 Å². The van der Waals surface area contributed by atoms with Crippen molar-refractivity contribution < 1.29 is 9.90 Å². The van der Waals surface area contributed by atoms with Gasteiger partial charge in [0.25, 0.3) is 5.91 Å². The summed E-state index contributed by atoms with van der Waals surface area (Å²) in [6, 6.07) is 5.43. The van der Waals surface area contributed by atoms with E-state index in [1.54, 1.807) is 17.4 Å². The summed E-state index contributed by atoms with van der Waals surface area (Å²) in [5.74, 6) is 0.933. The molecule has 138 valence electrons. The van der Waals surface area contributed by atoms with Crippen LogP contribution in [0.25, 0.3) is 0 Å². The fourth-order valence-electron chi connectivity index (χ4n) is 3.91. The Bertz CT molecular complexity index is 885. The SMILES string of the molecule is CC(C)(C)C1CCc2c(sc3c2C(=O)NC(c2ccc(O)c(I)c2)N3)C1. The van der Waals surface area contributed by atoms with Gasteiger partial charge in [0.1, 0.15) is 16.9 Å². The van der Waals surface area contributed by atoms with Crippen LogP contribution in [0.5, 0.6) is 5.75 Å². The van der Waals surface area contributed by atoms with E-state index in [1.165, 1.54) is 10.4 Å². The van der Waals surface area contributed by atoms with E-state index in [4.69, 9.17) is 0 Å². The van der Waals surface area contributed by atoms with E-state index in [9.17, 15) is 9.90 Å². The van der Waals surface area contributed by atoms with Crippen molar-refractivity contribution in [3.8, 4) is 5.75 Å². The average molecular weight is 482 g/mol. The molecule has 6 heteroatoms. The lowest BCUT2D eigenvalue weighted by molar-refractivity contribution is 0.0935. The molecule has 4 rings (SSSR count). The van der Waals surface area contributed by atoms with Crippen LogP contribution in [0.1, 0.15) is 59.7 Å². The Morgan fingerprint density at radius 2 is 2.04 bits per heavy atom. The van der Waals surface area contributed by atoms with Gasteiger partial charge < -0.3 is 15.7 Å². The number of thiophene rings is 1. The molecular weight excluding hydrogens is 459 g/mol. The van der Waals surface area contributed by atoms with Crippen LogP contribution in [0, 0.1) is 14.9 Å². The van der Waals surface area contributed by atoms with E-state index in [1.807, 2.05) is 12.1 Å². The van der Waals surface area contributed by atoms with Crippen LogP contribution in [-0.2, 0) is 12.8 Å². The van der Waals surface area contributed by atoms with Crippen LogP contribution in [0.3, 0.4) is 0 Å². The minimum Gasteiger partial charge on any atom is -0.507 e. The van der Waals surface area contributed by atoms with Gasteiger partial charge in [0.05, 0.1) is 9.13 Å². The average Bonchev–Trinajstić information content (AvgIpc) is 2.94. The van der Waals surface area contributed by atoms with Crippen LogP contribution in [0.15, 0.2) is 18.2 Å². The Hall–Kier alpha value is -1.28. The number of aromatic hydroxyl groups is 1. The molecule has 0 bridgehead atoms. The highest BCUT2D eigenvalue weighted by atomic mass is 127. The Kier molecular flexibility index (Phi) is 4.46. The minimum absolute atomic E-state index is 0.0125. The number of hydrogen-bond acceptors (Lipinski definition) is 4. The van der Waals surface area contributed by atoms with Crippen molar-refractivity contribution in [1.82, 2.24) is 5.32 Å². The molecule has 0 spiro atoms. The monoisotopic (exact) mass is 482 g/mol. The molecule has 1 aromatic carbocycles. The second kappa shape index (κ2) is 6.41. The van der Waals surface area contributed by atoms with Gasteiger partial charge >= 0.3 is 0 Å². The second-order valence-electron chi connectivity index (χ2n) is 8.28. The number of carbonyl (C=O) groups is 1. The first-order valence-electron chi connectivity index (χ1n) is 8.94. The molecule has 2 heterocycles. The van der Waals surface area contributed by atoms with E-state index < -0.39 is 0 Å². The molecule has 0 saturated carbocycles. The molecule has 1 aliphatic heterocycles. The molecule has 1 amide bonds. The highest BCUT2D eigenvalue weighted by Gasteiger charge is 2.36. The summed E-state index contributed by atoms with van der Waals surface area (Å²) in [6.45, 7) is 6.93. The Morgan fingerprint density at radius 1 is 1.27 bits per heavy atom. The molecule has 2 unspecified atom stereocenters. The summed E-state index contributed by atoms with van der Waals surface area (Å²) < 4.78 is 0.778. The van der Waals surface area contributed by atoms with Gasteiger partial charge in [-0.25, -0.2) is 0 Å². The third-order valence-electron chi connectivity index (χ3n) is 5.57. The molecule has 2 aliphatic rings. The summed E-state index contributed by atoms with van der Waals surface area (Å²) in [7, 11) is 0. The zero-order chi connectivity index (χ0) is 18.6. The lowest BCUT2D eigenvalue weighted by Gasteiger charge is -2.34. The number of phenolic OH excluding ortho intramolecular Hbond substituents is 1. The lowest BCUT2D eigenvalue weighted by Crippen LogP contribution is -2.38. The lowest BCUT2D eigenvalue weighted by atomic mass is 9.72. The van der Waals surface area contributed by atoms with Crippen molar-refractivity contribution in [3.05, 3.63) is 43.3 Å². The number of halogens is 1. The molecule has 1 aliphatic carbocycles. The van der Waals surface area contributed by atoms with Crippen LogP contribution in [0.2, 0.25) is 0 Å². The Morgan fingerprint density at radius 3 is 2.73 bits per heavy atom. The number of rotatable bonds is 1. The van der Waals surface area contributed by atoms with Crippen molar-refractivity contribution in [2.45, 2.75) is 46.2 Å². The molecule has 0 saturated heterocycles. The fourth-order valence-corrected chi connectivity index (χ4v) is 5.80. The Labute approximate surface area is 171 Å². The van der Waals surface area contributed by atoms with E-state index in [0.717, 1.165) is 39.0 Å². The number of hydrogen-bond donors (Lipinski definition) is 3. The van der Waals surface area contributed by atoms with Crippen molar-refractivity contribution in [2.75, 3.05) is 5.32 Å². The van der Waals surface area contributed by atoms with Gasteiger partial charge in [-0.15, -0.1) is 11.3 Å².